The SMILES string of the molecule is CNC(=O)C1CCCN(S(=O)(=O)c2c(C)noc2C)C1. The molecule has 2 heterocycles. The Bertz CT molecular complexity index is 589. The normalized spacial score (nSPS) is 20.9. The van der Waals surface area contributed by atoms with Crippen LogP contribution >= 0.6 is 0 Å². The predicted molar refractivity (Wildman–Crippen MR) is 71.5 cm³/mol. The van der Waals surface area contributed by atoms with Gasteiger partial charge in [0.05, 0.1) is 5.92 Å². The van der Waals surface area contributed by atoms with Crippen LogP contribution in [-0.2, 0) is 14.8 Å². The lowest BCUT2D eigenvalue weighted by atomic mass is 9.99. The van der Waals surface area contributed by atoms with Crippen molar-refractivity contribution in [2.75, 3.05) is 20.1 Å². The molecule has 1 N–H and O–H groups in total. The Labute approximate surface area is 118 Å². The first-order valence-corrected chi connectivity index (χ1v) is 7.96. The number of piperidine rings is 1. The summed E-state index contributed by atoms with van der Waals surface area (Å²) in [4.78, 5) is 11.8. The average molecular weight is 301 g/mol. The zero-order valence-corrected chi connectivity index (χ0v) is 12.7. The maximum absolute atomic E-state index is 12.6. The summed E-state index contributed by atoms with van der Waals surface area (Å²) >= 11 is 0. The molecule has 1 aromatic heterocycles. The molecule has 1 fully saturated rings. The van der Waals surface area contributed by atoms with Gasteiger partial charge in [0.25, 0.3) is 0 Å². The molecule has 1 saturated heterocycles. The lowest BCUT2D eigenvalue weighted by Gasteiger charge is -2.30. The van der Waals surface area contributed by atoms with Gasteiger partial charge in [-0.05, 0) is 26.7 Å². The van der Waals surface area contributed by atoms with E-state index in [4.69, 9.17) is 4.52 Å². The molecule has 0 saturated carbocycles. The fraction of sp³-hybridized carbons (Fsp3) is 0.667. The molecular formula is C12H19N3O4S. The van der Waals surface area contributed by atoms with E-state index in [2.05, 4.69) is 10.5 Å². The van der Waals surface area contributed by atoms with Gasteiger partial charge in [-0.2, -0.15) is 4.31 Å². The third-order valence-corrected chi connectivity index (χ3v) is 5.68. The highest BCUT2D eigenvalue weighted by Gasteiger charge is 2.36. The van der Waals surface area contributed by atoms with Crippen LogP contribution in [0.25, 0.3) is 0 Å². The molecule has 0 bridgehead atoms. The van der Waals surface area contributed by atoms with Gasteiger partial charge in [0.2, 0.25) is 15.9 Å². The highest BCUT2D eigenvalue weighted by atomic mass is 32.2. The van der Waals surface area contributed by atoms with Crippen molar-refractivity contribution in [1.82, 2.24) is 14.8 Å². The summed E-state index contributed by atoms with van der Waals surface area (Å²) in [5.74, 6) is -0.141. The zero-order chi connectivity index (χ0) is 14.9. The van der Waals surface area contributed by atoms with Crippen LogP contribution < -0.4 is 5.32 Å². The largest absolute Gasteiger partial charge is 0.360 e. The molecule has 1 unspecified atom stereocenters. The van der Waals surface area contributed by atoms with Crippen LogP contribution in [0.15, 0.2) is 9.42 Å². The van der Waals surface area contributed by atoms with Gasteiger partial charge in [0.1, 0.15) is 10.6 Å². The zero-order valence-electron chi connectivity index (χ0n) is 11.8. The van der Waals surface area contributed by atoms with Crippen LogP contribution in [-0.4, -0.2) is 43.9 Å². The first kappa shape index (κ1) is 15.0. The van der Waals surface area contributed by atoms with Crippen LogP contribution in [0.5, 0.6) is 0 Å². The summed E-state index contributed by atoms with van der Waals surface area (Å²) in [6, 6.07) is 0. The van der Waals surface area contributed by atoms with E-state index < -0.39 is 10.0 Å². The molecule has 1 aliphatic rings. The van der Waals surface area contributed by atoms with Gasteiger partial charge >= 0.3 is 0 Å². The Morgan fingerprint density at radius 2 is 2.15 bits per heavy atom. The number of aromatic nitrogens is 1. The fourth-order valence-electron chi connectivity index (χ4n) is 2.55. The summed E-state index contributed by atoms with van der Waals surface area (Å²) < 4.78 is 31.6. The standard InChI is InChI=1S/C12H19N3O4S/c1-8-11(9(2)19-14-8)20(17,18)15-6-4-5-10(7-15)12(16)13-3/h10H,4-7H2,1-3H3,(H,13,16). The maximum Gasteiger partial charge on any atom is 0.248 e. The number of nitrogens with one attached hydrogen (secondary N) is 1. The van der Waals surface area contributed by atoms with E-state index in [-0.39, 0.29) is 29.0 Å². The van der Waals surface area contributed by atoms with Crippen LogP contribution in [0.3, 0.4) is 0 Å². The quantitative estimate of drug-likeness (QED) is 0.874. The Kier molecular flexibility index (Phi) is 4.14. The number of carbonyl (C=O) groups excluding carboxylic acids is 1. The number of carbonyl (C=O) groups is 1. The van der Waals surface area contributed by atoms with Gasteiger partial charge < -0.3 is 9.84 Å². The molecular weight excluding hydrogens is 282 g/mol. The third-order valence-electron chi connectivity index (χ3n) is 3.57. The highest BCUT2D eigenvalue weighted by Crippen LogP contribution is 2.27. The minimum Gasteiger partial charge on any atom is -0.360 e. The average Bonchev–Trinajstić information content (AvgIpc) is 2.78. The van der Waals surface area contributed by atoms with Crippen molar-refractivity contribution in [1.29, 1.82) is 0 Å². The molecule has 112 valence electrons. The number of aryl methyl sites for hydroxylation is 2. The fourth-order valence-corrected chi connectivity index (χ4v) is 4.37. The number of hydrogen-bond acceptors (Lipinski definition) is 5. The Morgan fingerprint density at radius 1 is 1.45 bits per heavy atom. The summed E-state index contributed by atoms with van der Waals surface area (Å²) in [6.07, 6.45) is 1.37. The Hall–Kier alpha value is -1.41. The molecule has 0 radical (unpaired) electrons. The summed E-state index contributed by atoms with van der Waals surface area (Å²) in [5.41, 5.74) is 0.351. The van der Waals surface area contributed by atoms with Gasteiger partial charge in [-0.3, -0.25) is 4.79 Å². The van der Waals surface area contributed by atoms with Gasteiger partial charge in [0.15, 0.2) is 5.76 Å². The van der Waals surface area contributed by atoms with Gasteiger partial charge in [-0.15, -0.1) is 0 Å². The minimum atomic E-state index is -3.66. The van der Waals surface area contributed by atoms with Crippen molar-refractivity contribution in [3.8, 4) is 0 Å². The molecule has 1 atom stereocenters. The van der Waals surface area contributed by atoms with Crippen molar-refractivity contribution >= 4 is 15.9 Å². The second-order valence-corrected chi connectivity index (χ2v) is 6.84. The maximum atomic E-state index is 12.6. The van der Waals surface area contributed by atoms with Crippen LogP contribution in [0.2, 0.25) is 0 Å². The molecule has 0 aliphatic carbocycles. The van der Waals surface area contributed by atoms with Crippen molar-refractivity contribution in [3.63, 3.8) is 0 Å². The first-order chi connectivity index (χ1) is 9.37. The number of sulfonamides is 1. The monoisotopic (exact) mass is 301 g/mol. The lowest BCUT2D eigenvalue weighted by Crippen LogP contribution is -2.44. The third kappa shape index (κ3) is 2.57. The molecule has 20 heavy (non-hydrogen) atoms. The summed E-state index contributed by atoms with van der Waals surface area (Å²) in [7, 11) is -2.10. The molecule has 1 aromatic rings. The molecule has 0 spiro atoms. The van der Waals surface area contributed by atoms with E-state index in [1.165, 1.54) is 4.31 Å². The van der Waals surface area contributed by atoms with Crippen molar-refractivity contribution < 1.29 is 17.7 Å². The highest BCUT2D eigenvalue weighted by molar-refractivity contribution is 7.89. The topological polar surface area (TPSA) is 92.5 Å². The van der Waals surface area contributed by atoms with Gasteiger partial charge in [0, 0.05) is 20.1 Å². The van der Waals surface area contributed by atoms with E-state index in [9.17, 15) is 13.2 Å². The molecule has 1 aliphatic heterocycles. The number of hydrogen-bond donors (Lipinski definition) is 1. The van der Waals surface area contributed by atoms with Crippen molar-refractivity contribution in [2.45, 2.75) is 31.6 Å². The van der Waals surface area contributed by atoms with Gasteiger partial charge in [-0.1, -0.05) is 5.16 Å². The minimum absolute atomic E-state index is 0.120. The van der Waals surface area contributed by atoms with Crippen LogP contribution in [0.4, 0.5) is 0 Å². The molecule has 0 aromatic carbocycles. The molecule has 2 rings (SSSR count). The van der Waals surface area contributed by atoms with Crippen LogP contribution in [0, 0.1) is 19.8 Å². The van der Waals surface area contributed by atoms with Crippen LogP contribution in [0.1, 0.15) is 24.3 Å². The lowest BCUT2D eigenvalue weighted by molar-refractivity contribution is -0.125. The summed E-state index contributed by atoms with van der Waals surface area (Å²) in [6.45, 7) is 3.79. The number of nitrogens with zero attached hydrogens (tertiary/aromatic N) is 2. The smallest absolute Gasteiger partial charge is 0.248 e. The second kappa shape index (κ2) is 5.53. The van der Waals surface area contributed by atoms with E-state index >= 15 is 0 Å². The summed E-state index contributed by atoms with van der Waals surface area (Å²) in [5, 5.41) is 6.26. The van der Waals surface area contributed by atoms with E-state index in [0.29, 0.717) is 25.1 Å². The molecule has 8 heteroatoms. The van der Waals surface area contributed by atoms with E-state index in [0.717, 1.165) is 0 Å². The van der Waals surface area contributed by atoms with Crippen molar-refractivity contribution in [3.05, 3.63) is 11.5 Å². The Morgan fingerprint density at radius 3 is 2.70 bits per heavy atom. The van der Waals surface area contributed by atoms with E-state index in [1.54, 1.807) is 20.9 Å². The van der Waals surface area contributed by atoms with E-state index in [1.807, 2.05) is 0 Å². The first-order valence-electron chi connectivity index (χ1n) is 6.52. The van der Waals surface area contributed by atoms with Crippen molar-refractivity contribution in [2.24, 2.45) is 5.92 Å². The van der Waals surface area contributed by atoms with Gasteiger partial charge in [-0.25, -0.2) is 8.42 Å². The Balaban J connectivity index is 2.28. The number of rotatable bonds is 3. The predicted octanol–water partition coefficient (Wildman–Crippen LogP) is 0.438. The molecule has 1 amide bonds. The second-order valence-electron chi connectivity index (χ2n) is 4.97. The number of amides is 1. The molecule has 7 nitrogen and oxygen atoms in total.